The topological polar surface area (TPSA) is 42.7 Å². The van der Waals surface area contributed by atoms with E-state index in [-0.39, 0.29) is 0 Å². The molecule has 4 heteroatoms. The zero-order valence-electron chi connectivity index (χ0n) is 12.5. The fourth-order valence-corrected chi connectivity index (χ4v) is 2.79. The van der Waals surface area contributed by atoms with Crippen LogP contribution >= 0.6 is 0 Å². The van der Waals surface area contributed by atoms with E-state index >= 15 is 0 Å². The minimum Gasteiger partial charge on any atom is -0.338 e. The largest absolute Gasteiger partial charge is 0.338 e. The molecular weight excluding hydrogens is 260 g/mol. The van der Waals surface area contributed by atoms with Gasteiger partial charge in [-0.1, -0.05) is 18.2 Å². The Morgan fingerprint density at radius 2 is 2.00 bits per heavy atom. The predicted molar refractivity (Wildman–Crippen MR) is 85.1 cm³/mol. The Labute approximate surface area is 124 Å². The third kappa shape index (κ3) is 2.81. The lowest BCUT2D eigenvalue weighted by atomic mass is 9.98. The molecule has 3 aromatic rings. The van der Waals surface area contributed by atoms with Gasteiger partial charge in [-0.05, 0) is 31.2 Å². The molecule has 1 N–H and O–H groups in total. The smallest absolute Gasteiger partial charge is 0.108 e. The molecule has 108 valence electrons. The minimum absolute atomic E-state index is 0.301. The van der Waals surface area contributed by atoms with Crippen LogP contribution in [0.15, 0.2) is 48.9 Å². The molecule has 0 saturated carbocycles. The third-order valence-corrected chi connectivity index (χ3v) is 3.98. The number of aryl methyl sites for hydroxylation is 2. The summed E-state index contributed by atoms with van der Waals surface area (Å²) in [6.07, 6.45) is 7.70. The van der Waals surface area contributed by atoms with Gasteiger partial charge in [-0.15, -0.1) is 0 Å². The summed E-state index contributed by atoms with van der Waals surface area (Å²) in [7, 11) is 4.05. The van der Waals surface area contributed by atoms with Crippen molar-refractivity contribution in [3.63, 3.8) is 0 Å². The Balaban J connectivity index is 1.86. The van der Waals surface area contributed by atoms with E-state index < -0.39 is 0 Å². The number of hydrogen-bond donors (Lipinski definition) is 1. The summed E-state index contributed by atoms with van der Waals surface area (Å²) in [6, 6.07) is 10.7. The Kier molecular flexibility index (Phi) is 3.97. The second kappa shape index (κ2) is 6.06. The van der Waals surface area contributed by atoms with Gasteiger partial charge in [-0.2, -0.15) is 0 Å². The minimum atomic E-state index is 0.301. The lowest BCUT2D eigenvalue weighted by Crippen LogP contribution is -2.18. The van der Waals surface area contributed by atoms with Crippen LogP contribution in [0.3, 0.4) is 0 Å². The molecular formula is C17H20N4. The number of fused-ring (bicyclic) bond motifs is 1. The first-order valence-corrected chi connectivity index (χ1v) is 7.26. The van der Waals surface area contributed by atoms with E-state index in [0.717, 1.165) is 24.2 Å². The average molecular weight is 280 g/mol. The van der Waals surface area contributed by atoms with E-state index in [2.05, 4.69) is 44.1 Å². The van der Waals surface area contributed by atoms with E-state index in [1.807, 2.05) is 38.8 Å². The van der Waals surface area contributed by atoms with Crippen LogP contribution in [0.5, 0.6) is 0 Å². The summed E-state index contributed by atoms with van der Waals surface area (Å²) in [5.74, 6) is 1.12. The molecule has 2 aromatic heterocycles. The van der Waals surface area contributed by atoms with Gasteiger partial charge in [0.1, 0.15) is 5.82 Å². The van der Waals surface area contributed by atoms with Crippen molar-refractivity contribution in [1.82, 2.24) is 19.9 Å². The second-order valence-corrected chi connectivity index (χ2v) is 5.25. The standard InChI is InChI=1S/C17H20N4/c1-18-15(7-8-17-20-11-12-21(17)2)14-9-10-19-16-6-4-3-5-13(14)16/h3-6,9-12,15,18H,7-8H2,1-2H3. The fraction of sp³-hybridized carbons (Fsp3) is 0.294. The number of imidazole rings is 1. The molecule has 0 aliphatic carbocycles. The number of hydrogen-bond acceptors (Lipinski definition) is 3. The molecule has 0 fully saturated rings. The lowest BCUT2D eigenvalue weighted by molar-refractivity contribution is 0.539. The Bertz CT molecular complexity index is 727. The first kappa shape index (κ1) is 13.8. The van der Waals surface area contributed by atoms with Crippen LogP contribution in [0, 0.1) is 0 Å². The van der Waals surface area contributed by atoms with E-state index in [0.29, 0.717) is 6.04 Å². The first-order chi connectivity index (χ1) is 10.3. The molecule has 0 saturated heterocycles. The van der Waals surface area contributed by atoms with Crippen molar-refractivity contribution in [3.8, 4) is 0 Å². The van der Waals surface area contributed by atoms with Crippen LogP contribution in [-0.4, -0.2) is 21.6 Å². The Morgan fingerprint density at radius 3 is 2.76 bits per heavy atom. The first-order valence-electron chi connectivity index (χ1n) is 7.26. The van der Waals surface area contributed by atoms with Gasteiger partial charge in [-0.25, -0.2) is 4.98 Å². The highest BCUT2D eigenvalue weighted by Crippen LogP contribution is 2.25. The molecule has 0 bridgehead atoms. The fourth-order valence-electron chi connectivity index (χ4n) is 2.79. The highest BCUT2D eigenvalue weighted by molar-refractivity contribution is 5.82. The molecule has 3 rings (SSSR count). The number of benzene rings is 1. The van der Waals surface area contributed by atoms with Crippen LogP contribution in [-0.2, 0) is 13.5 Å². The number of pyridine rings is 1. The van der Waals surface area contributed by atoms with Crippen LogP contribution in [0.25, 0.3) is 10.9 Å². The number of nitrogens with one attached hydrogen (secondary N) is 1. The van der Waals surface area contributed by atoms with Gasteiger partial charge in [0, 0.05) is 43.5 Å². The Hall–Kier alpha value is -2.20. The molecule has 0 aliphatic heterocycles. The number of nitrogens with zero attached hydrogens (tertiary/aromatic N) is 3. The summed E-state index contributed by atoms with van der Waals surface area (Å²) in [5.41, 5.74) is 2.35. The summed E-state index contributed by atoms with van der Waals surface area (Å²) < 4.78 is 2.08. The highest BCUT2D eigenvalue weighted by atomic mass is 15.0. The normalized spacial score (nSPS) is 12.7. The Morgan fingerprint density at radius 1 is 1.14 bits per heavy atom. The van der Waals surface area contributed by atoms with Crippen molar-refractivity contribution in [3.05, 3.63) is 60.3 Å². The summed E-state index contributed by atoms with van der Waals surface area (Å²) >= 11 is 0. The molecule has 21 heavy (non-hydrogen) atoms. The van der Waals surface area contributed by atoms with Gasteiger partial charge in [0.05, 0.1) is 5.52 Å². The van der Waals surface area contributed by atoms with Crippen molar-refractivity contribution in [2.24, 2.45) is 7.05 Å². The molecule has 1 atom stereocenters. The zero-order chi connectivity index (χ0) is 14.7. The maximum Gasteiger partial charge on any atom is 0.108 e. The lowest BCUT2D eigenvalue weighted by Gasteiger charge is -2.18. The second-order valence-electron chi connectivity index (χ2n) is 5.25. The number of para-hydroxylation sites is 1. The zero-order valence-corrected chi connectivity index (χ0v) is 12.5. The molecule has 2 heterocycles. The molecule has 0 spiro atoms. The van der Waals surface area contributed by atoms with E-state index in [1.165, 1.54) is 10.9 Å². The monoisotopic (exact) mass is 280 g/mol. The molecule has 4 nitrogen and oxygen atoms in total. The van der Waals surface area contributed by atoms with Gasteiger partial charge in [0.2, 0.25) is 0 Å². The van der Waals surface area contributed by atoms with Crippen LogP contribution in [0.2, 0.25) is 0 Å². The third-order valence-electron chi connectivity index (χ3n) is 3.98. The summed E-state index contributed by atoms with van der Waals surface area (Å²) in [6.45, 7) is 0. The van der Waals surface area contributed by atoms with Gasteiger partial charge < -0.3 is 9.88 Å². The summed E-state index contributed by atoms with van der Waals surface area (Å²) in [5, 5.41) is 4.65. The van der Waals surface area contributed by atoms with Gasteiger partial charge in [-0.3, -0.25) is 4.98 Å². The van der Waals surface area contributed by atoms with Crippen molar-refractivity contribution in [1.29, 1.82) is 0 Å². The van der Waals surface area contributed by atoms with Gasteiger partial charge in [0.25, 0.3) is 0 Å². The number of rotatable bonds is 5. The SMILES string of the molecule is CNC(CCc1nccn1C)c1ccnc2ccccc12. The maximum atomic E-state index is 4.44. The van der Waals surface area contributed by atoms with Crippen LogP contribution in [0.4, 0.5) is 0 Å². The van der Waals surface area contributed by atoms with E-state index in [1.54, 1.807) is 0 Å². The van der Waals surface area contributed by atoms with Crippen molar-refractivity contribution in [2.75, 3.05) is 7.05 Å². The summed E-state index contributed by atoms with van der Waals surface area (Å²) in [4.78, 5) is 8.84. The molecule has 0 aliphatic rings. The van der Waals surface area contributed by atoms with E-state index in [9.17, 15) is 0 Å². The molecule has 0 radical (unpaired) electrons. The van der Waals surface area contributed by atoms with Gasteiger partial charge >= 0.3 is 0 Å². The highest BCUT2D eigenvalue weighted by Gasteiger charge is 2.13. The van der Waals surface area contributed by atoms with Gasteiger partial charge in [0.15, 0.2) is 0 Å². The molecule has 1 aromatic carbocycles. The molecule has 0 amide bonds. The number of aromatic nitrogens is 3. The van der Waals surface area contributed by atoms with Crippen LogP contribution in [0.1, 0.15) is 23.9 Å². The van der Waals surface area contributed by atoms with Crippen molar-refractivity contribution >= 4 is 10.9 Å². The average Bonchev–Trinajstić information content (AvgIpc) is 2.93. The predicted octanol–water partition coefficient (Wildman–Crippen LogP) is 2.86. The van der Waals surface area contributed by atoms with E-state index in [4.69, 9.17) is 0 Å². The maximum absolute atomic E-state index is 4.44. The quantitative estimate of drug-likeness (QED) is 0.781. The van der Waals surface area contributed by atoms with Crippen LogP contribution < -0.4 is 5.32 Å². The van der Waals surface area contributed by atoms with Crippen molar-refractivity contribution < 1.29 is 0 Å². The van der Waals surface area contributed by atoms with Crippen molar-refractivity contribution in [2.45, 2.75) is 18.9 Å². The molecule has 1 unspecified atom stereocenters.